The van der Waals surface area contributed by atoms with Crippen molar-refractivity contribution < 1.29 is 95.7 Å². The van der Waals surface area contributed by atoms with Gasteiger partial charge in [0, 0.05) is 90.7 Å². The number of carboxylic acids is 1. The Morgan fingerprint density at radius 1 is 0.393 bits per heavy atom. The fraction of sp³-hybridized carbons (Fsp3) is 0.372. The Morgan fingerprint density at radius 2 is 0.657 bits per heavy atom. The van der Waals surface area contributed by atoms with Crippen LogP contribution in [0.15, 0.2) is 122 Å². The van der Waals surface area contributed by atoms with Crippen molar-refractivity contribution in [2.45, 2.75) is 157 Å². The van der Waals surface area contributed by atoms with Crippen LogP contribution in [0.2, 0.25) is 0 Å². The second-order valence-electron chi connectivity index (χ2n) is 36.1. The number of fused-ring (bicyclic) bond motifs is 12. The van der Waals surface area contributed by atoms with Crippen molar-refractivity contribution in [2.75, 3.05) is 117 Å². The van der Waals surface area contributed by atoms with E-state index < -0.39 is 58.8 Å². The highest BCUT2D eigenvalue weighted by Gasteiger charge is 2.33. The van der Waals surface area contributed by atoms with E-state index >= 15 is 0 Å². The minimum Gasteiger partial charge on any atom is -0.478 e. The Labute approximate surface area is 803 Å². The van der Waals surface area contributed by atoms with E-state index in [1.165, 1.54) is 86.4 Å². The minimum absolute atomic E-state index is 0.0226. The lowest BCUT2D eigenvalue weighted by molar-refractivity contribution is 0.0577. The third-order valence-electron chi connectivity index (χ3n) is 21.1. The first-order valence-corrected chi connectivity index (χ1v) is 44.4. The molecule has 738 valence electrons. The number of benzene rings is 4. The molecule has 4 aromatic carbocycles. The van der Waals surface area contributed by atoms with Crippen LogP contribution in [-0.2, 0) is 64.3 Å². The molecule has 0 unspecified atom stereocenters. The smallest absolute Gasteiger partial charge is 0.415 e. The summed E-state index contributed by atoms with van der Waals surface area (Å²) in [5.74, 6) is -0.942. The van der Waals surface area contributed by atoms with Gasteiger partial charge < -0.3 is 101 Å². The van der Waals surface area contributed by atoms with E-state index in [0.717, 1.165) is 22.3 Å². The summed E-state index contributed by atoms with van der Waals surface area (Å²) < 4.78 is 50.2. The summed E-state index contributed by atoms with van der Waals surface area (Å²) in [6.45, 7) is 25.4. The number of amides is 9. The van der Waals surface area contributed by atoms with E-state index in [0.29, 0.717) is 81.7 Å². The molecule has 0 saturated carbocycles. The van der Waals surface area contributed by atoms with Crippen molar-refractivity contribution >= 4 is 158 Å². The first kappa shape index (κ1) is 101. The number of anilines is 12. The topological polar surface area (TPSA) is 545 Å². The molecular formula is C94H112N26O20. The number of carboxylic acid groups (broad SMARTS) is 1. The van der Waals surface area contributed by atoms with Crippen LogP contribution in [0, 0.1) is 0 Å². The van der Waals surface area contributed by atoms with Crippen LogP contribution in [-0.4, -0.2) is 246 Å². The van der Waals surface area contributed by atoms with Gasteiger partial charge >= 0.3 is 30.2 Å². The van der Waals surface area contributed by atoms with Gasteiger partial charge in [-0.3, -0.25) is 43.5 Å². The van der Waals surface area contributed by atoms with Crippen LogP contribution in [0.3, 0.4) is 0 Å². The molecule has 12 aromatic rings. The highest BCUT2D eigenvalue weighted by molar-refractivity contribution is 6.06. The fourth-order valence-electron chi connectivity index (χ4n) is 14.5. The summed E-state index contributed by atoms with van der Waals surface area (Å²) in [6, 6.07) is 26.1. The molecule has 46 nitrogen and oxygen atoms in total. The molecule has 8 aromatic heterocycles. The van der Waals surface area contributed by atoms with Crippen molar-refractivity contribution in [3.05, 3.63) is 189 Å². The Bertz CT molecular complexity index is 6580. The quantitative estimate of drug-likeness (QED) is 0.0496. The van der Waals surface area contributed by atoms with Gasteiger partial charge in [-0.25, -0.2) is 43.9 Å². The molecule has 16 rings (SSSR count). The number of aromatic nitrogens is 12. The predicted molar refractivity (Wildman–Crippen MR) is 516 cm³/mol. The Balaban J connectivity index is 0.000000158. The maximum Gasteiger partial charge on any atom is 0.415 e. The van der Waals surface area contributed by atoms with Crippen molar-refractivity contribution in [3.8, 4) is 0 Å². The lowest BCUT2D eigenvalue weighted by atomic mass is 10.1. The molecule has 0 saturated heterocycles. The molecule has 4 aliphatic rings. The van der Waals surface area contributed by atoms with Crippen LogP contribution in [0.1, 0.15) is 195 Å². The van der Waals surface area contributed by atoms with E-state index in [9.17, 15) is 57.8 Å². The molecule has 0 fully saturated rings. The summed E-state index contributed by atoms with van der Waals surface area (Å²) in [5, 5.41) is 59.4. The van der Waals surface area contributed by atoms with Crippen LogP contribution < -0.4 is 73.2 Å². The summed E-state index contributed by atoms with van der Waals surface area (Å²) in [4.78, 5) is 162. The van der Waals surface area contributed by atoms with Crippen molar-refractivity contribution in [1.82, 2.24) is 90.3 Å². The lowest BCUT2D eigenvalue weighted by Crippen LogP contribution is -2.36. The molecule has 4 aliphatic heterocycles. The number of aromatic carboxylic acids is 1. The summed E-state index contributed by atoms with van der Waals surface area (Å²) in [6.07, 6.45) is 3.74. The van der Waals surface area contributed by atoms with Crippen molar-refractivity contribution in [1.29, 1.82) is 0 Å². The van der Waals surface area contributed by atoms with Gasteiger partial charge in [-0.2, -0.15) is 38.5 Å². The maximum atomic E-state index is 13.1. The normalized spacial score (nSPS) is 16.1. The third-order valence-corrected chi connectivity index (χ3v) is 21.1. The molecule has 0 radical (unpaired) electrons. The second kappa shape index (κ2) is 42.6. The molecule has 16 bridgehead atoms. The first-order valence-electron chi connectivity index (χ1n) is 44.4. The lowest BCUT2D eigenvalue weighted by Gasteiger charge is -2.25. The second-order valence-corrected chi connectivity index (χ2v) is 36.1. The Morgan fingerprint density at radius 3 is 0.936 bits per heavy atom. The molecular weight excluding hydrogens is 1810 g/mol. The molecule has 0 spiro atoms. The number of hydrogen-bond donors (Lipinski definition) is 12. The zero-order valence-corrected chi connectivity index (χ0v) is 80.9. The largest absolute Gasteiger partial charge is 0.478 e. The van der Waals surface area contributed by atoms with Gasteiger partial charge in [-0.05, 0) is 161 Å². The molecule has 4 atom stereocenters. The standard InChI is InChI=1S/C25H31N7O5.C25H30N6O6.C24H28N6O6.C20H23N7O3/c1-14-12-36-13-15-7-8-16(22(33)26-5)18(9-15)29-19-10-20(31(6)24(35)37-25(2,3)4)32-21(30-19)17(11-27-32)23(34)28-14;1-14-12-36-13-15-7-8-16(23(33)35-6)18(9-15)28-19-10-20(30(5)24(34)37-25(2,3)4)31-21(29-19)17(11-26-31)22(32)27-14;1-13-11-35-12-14-6-7-15(22(32)33)17(8-14)27-18-9-19(29(5)23(34)36-24(2,3)4)30-20(28-18)16(10-25-30)21(31)26-13;1-11-9-30-10-12-4-5-13(19(28)22-3)15(6-12)25-16-7-17(21-2)27-18(26-16)14(8-23-27)20(29)24-11/h7-11,14H,12-13H2,1-6H3,(H,26,33)(H,28,34)(H,29,30);7-11,14H,12-13H2,1-6H3,(H,27,32)(H,28,29);6-10,13H,11-12H2,1-5H3,(H,26,31)(H,27,28)(H,32,33);4-8,11,21H,9-10H2,1-3H3,(H,22,28)(H,24,29)(H,25,26)/t2*14-;13-;11-/m1111/s1. The maximum absolute atomic E-state index is 13.1. The van der Waals surface area contributed by atoms with Gasteiger partial charge in [-0.1, -0.05) is 24.3 Å². The number of hydrogen-bond acceptors (Lipinski definition) is 32. The molecule has 12 heterocycles. The summed E-state index contributed by atoms with van der Waals surface area (Å²) in [7, 11) is 10.8. The van der Waals surface area contributed by atoms with Crippen LogP contribution >= 0.6 is 0 Å². The average Bonchev–Trinajstić information content (AvgIpc) is 1.60. The zero-order valence-electron chi connectivity index (χ0n) is 80.9. The van der Waals surface area contributed by atoms with Gasteiger partial charge in [0.15, 0.2) is 22.6 Å². The number of esters is 1. The number of methoxy groups -OCH3 is 1. The zero-order chi connectivity index (χ0) is 101. The summed E-state index contributed by atoms with van der Waals surface area (Å²) in [5.41, 5.74) is 5.91. The molecule has 140 heavy (non-hydrogen) atoms. The SMILES string of the molecule is CNC(=O)c1ccc2cc1Nc1cc(N(C)C(=O)OC(C)(C)C)n3ncc(c3n1)C(=O)N[C@H](C)COC2.CNC(=O)c1ccc2cc1Nc1cc(NC)n3ncc(c3n1)C(=O)N[C@H](C)COC2.COC(=O)c1ccc2cc1Nc1cc(N(C)C(=O)OC(C)(C)C)n3ncc(c3n1)C(=O)N[C@H](C)COC2.C[C@@H]1COCc2ccc(C(=O)O)c(c2)Nc2cc(N(C)C(=O)OC(C)(C)C)n3ncc(c3n2)C(=O)N1. The average molecular weight is 1930 g/mol. The fourth-order valence-corrected chi connectivity index (χ4v) is 14.5. The monoisotopic (exact) mass is 1920 g/mol. The highest BCUT2D eigenvalue weighted by atomic mass is 16.6. The van der Waals surface area contributed by atoms with Crippen LogP contribution in [0.5, 0.6) is 0 Å². The van der Waals surface area contributed by atoms with E-state index in [1.807, 2.05) is 32.9 Å². The number of nitrogens with zero attached hydrogens (tertiary/aromatic N) is 15. The van der Waals surface area contributed by atoms with E-state index in [-0.39, 0.29) is 155 Å². The van der Waals surface area contributed by atoms with Gasteiger partial charge in [0.05, 0.1) is 130 Å². The van der Waals surface area contributed by atoms with Gasteiger partial charge in [-0.15, -0.1) is 0 Å². The van der Waals surface area contributed by atoms with Gasteiger partial charge in [0.2, 0.25) is 0 Å². The highest BCUT2D eigenvalue weighted by Crippen LogP contribution is 2.35. The van der Waals surface area contributed by atoms with Gasteiger partial charge in [0.25, 0.3) is 35.4 Å². The molecule has 12 N–H and O–H groups in total. The van der Waals surface area contributed by atoms with Crippen molar-refractivity contribution in [2.24, 2.45) is 0 Å². The number of nitrogens with one attached hydrogen (secondary N) is 11. The number of carbonyl (C=O) groups is 11. The molecule has 9 amide bonds. The van der Waals surface area contributed by atoms with E-state index in [2.05, 4.69) is 98.8 Å². The summed E-state index contributed by atoms with van der Waals surface area (Å²) >= 11 is 0. The van der Waals surface area contributed by atoms with E-state index in [1.54, 1.807) is 175 Å². The number of rotatable bonds is 8. The Hall–Kier alpha value is -16.2. The predicted octanol–water partition coefficient (Wildman–Crippen LogP) is 10.8. The van der Waals surface area contributed by atoms with Crippen LogP contribution in [0.4, 0.5) is 83.7 Å². The molecule has 46 heteroatoms. The van der Waals surface area contributed by atoms with E-state index in [4.69, 9.17) is 37.9 Å². The number of ether oxygens (including phenoxy) is 8. The minimum atomic E-state index is -1.13. The molecule has 0 aliphatic carbocycles. The Kier molecular flexibility index (Phi) is 30.8. The number of carbonyl (C=O) groups excluding carboxylic acids is 10. The van der Waals surface area contributed by atoms with Crippen molar-refractivity contribution in [3.63, 3.8) is 0 Å². The van der Waals surface area contributed by atoms with Gasteiger partial charge in [0.1, 0.15) is 85.6 Å². The third kappa shape index (κ3) is 24.2. The van der Waals surface area contributed by atoms with Crippen LogP contribution in [0.25, 0.3) is 22.6 Å². The first-order chi connectivity index (χ1) is 66.3.